The molecule has 0 radical (unpaired) electrons. The molecule has 1 amide bonds. The molecule has 8 nitrogen and oxygen atoms in total. The fourth-order valence-electron chi connectivity index (χ4n) is 3.15. The van der Waals surface area contributed by atoms with E-state index in [0.29, 0.717) is 24.5 Å². The molecule has 3 N–H and O–H groups in total. The van der Waals surface area contributed by atoms with Gasteiger partial charge in [0.05, 0.1) is 30.1 Å². The van der Waals surface area contributed by atoms with E-state index in [9.17, 15) is 4.79 Å². The van der Waals surface area contributed by atoms with Crippen molar-refractivity contribution >= 4 is 22.9 Å². The number of aromatic amines is 1. The molecule has 0 bridgehead atoms. The summed E-state index contributed by atoms with van der Waals surface area (Å²) in [6.45, 7) is 0.497. The molecule has 3 aromatic heterocycles. The Balaban J connectivity index is 1.55. The number of methoxy groups -OCH3 is 1. The van der Waals surface area contributed by atoms with Gasteiger partial charge in [-0.3, -0.25) is 15.2 Å². The van der Waals surface area contributed by atoms with Crippen molar-refractivity contribution in [3.05, 3.63) is 77.0 Å². The maximum atomic E-state index is 13.2. The van der Waals surface area contributed by atoms with E-state index in [0.717, 1.165) is 22.5 Å². The van der Waals surface area contributed by atoms with Gasteiger partial charge in [0.15, 0.2) is 0 Å². The Morgan fingerprint density at radius 2 is 2.10 bits per heavy atom. The van der Waals surface area contributed by atoms with E-state index in [-0.39, 0.29) is 5.91 Å². The highest BCUT2D eigenvalue weighted by Gasteiger charge is 2.21. The average molecular weight is 435 g/mol. The van der Waals surface area contributed by atoms with Crippen LogP contribution in [0.2, 0.25) is 0 Å². The molecule has 4 aromatic rings. The van der Waals surface area contributed by atoms with Crippen molar-refractivity contribution in [3.63, 3.8) is 0 Å². The largest absolute Gasteiger partial charge is 0.480 e. The highest BCUT2D eigenvalue weighted by atomic mass is 32.1. The highest BCUT2D eigenvalue weighted by molar-refractivity contribution is 7.07. The Bertz CT molecular complexity index is 1100. The molecule has 0 unspecified atom stereocenters. The van der Waals surface area contributed by atoms with Gasteiger partial charge in [0, 0.05) is 29.9 Å². The van der Waals surface area contributed by atoms with E-state index >= 15 is 0 Å². The number of benzene rings is 1. The second kappa shape index (κ2) is 9.96. The number of aromatic nitrogens is 4. The quantitative estimate of drug-likeness (QED) is 0.373. The van der Waals surface area contributed by atoms with Crippen molar-refractivity contribution in [2.24, 2.45) is 0 Å². The van der Waals surface area contributed by atoms with Crippen molar-refractivity contribution in [1.29, 1.82) is 0 Å². The zero-order valence-electron chi connectivity index (χ0n) is 16.9. The van der Waals surface area contributed by atoms with E-state index in [1.807, 2.05) is 41.8 Å². The number of carbonyl (C=O) groups excluding carboxylic acids is 1. The second-order valence-corrected chi connectivity index (χ2v) is 7.55. The summed E-state index contributed by atoms with van der Waals surface area (Å²) in [5.41, 5.74) is 5.72. The first-order valence-corrected chi connectivity index (χ1v) is 10.7. The lowest BCUT2D eigenvalue weighted by Gasteiger charge is -2.19. The number of ether oxygens (including phenoxy) is 1. The van der Waals surface area contributed by atoms with Gasteiger partial charge in [0.25, 0.3) is 0 Å². The minimum Gasteiger partial charge on any atom is -0.480 e. The zero-order chi connectivity index (χ0) is 21.5. The molecular formula is C22H22N6O2S. The smallest absolute Gasteiger partial charge is 0.242 e. The van der Waals surface area contributed by atoms with Crippen LogP contribution in [0.3, 0.4) is 0 Å². The molecule has 0 aliphatic rings. The van der Waals surface area contributed by atoms with Gasteiger partial charge in [0.1, 0.15) is 5.69 Å². The summed E-state index contributed by atoms with van der Waals surface area (Å²) in [4.78, 5) is 21.9. The third kappa shape index (κ3) is 5.33. The summed E-state index contributed by atoms with van der Waals surface area (Å²) in [6, 6.07) is 13.1. The molecule has 1 atom stereocenters. The molecule has 4 rings (SSSR count). The van der Waals surface area contributed by atoms with Crippen molar-refractivity contribution in [2.75, 3.05) is 12.4 Å². The van der Waals surface area contributed by atoms with Gasteiger partial charge in [-0.25, -0.2) is 9.97 Å². The van der Waals surface area contributed by atoms with Crippen molar-refractivity contribution in [2.45, 2.75) is 19.0 Å². The molecule has 0 spiro atoms. The van der Waals surface area contributed by atoms with Crippen LogP contribution in [0.4, 0.5) is 5.69 Å². The number of hydrogen-bond donors (Lipinski definition) is 3. The lowest BCUT2D eigenvalue weighted by molar-refractivity contribution is -0.118. The first-order chi connectivity index (χ1) is 15.2. The van der Waals surface area contributed by atoms with Crippen LogP contribution >= 0.6 is 11.3 Å². The minimum absolute atomic E-state index is 0.182. The van der Waals surface area contributed by atoms with Crippen LogP contribution in [0.25, 0.3) is 11.3 Å². The van der Waals surface area contributed by atoms with E-state index in [4.69, 9.17) is 4.74 Å². The predicted octanol–water partition coefficient (Wildman–Crippen LogP) is 3.28. The molecule has 0 saturated heterocycles. The monoisotopic (exact) mass is 434 g/mol. The van der Waals surface area contributed by atoms with Crippen molar-refractivity contribution in [1.82, 2.24) is 25.5 Å². The Hall–Kier alpha value is -3.56. The summed E-state index contributed by atoms with van der Waals surface area (Å²) in [5, 5.41) is 15.2. The summed E-state index contributed by atoms with van der Waals surface area (Å²) in [6.07, 6.45) is 3.92. The van der Waals surface area contributed by atoms with Gasteiger partial charge in [-0.05, 0) is 24.1 Å². The summed E-state index contributed by atoms with van der Waals surface area (Å²) >= 11 is 1.53. The molecule has 31 heavy (non-hydrogen) atoms. The molecular weight excluding hydrogens is 412 g/mol. The summed E-state index contributed by atoms with van der Waals surface area (Å²) in [5.74, 6) is 0.156. The number of hydrogen-bond acceptors (Lipinski definition) is 7. The number of carbonyl (C=O) groups is 1. The lowest BCUT2D eigenvalue weighted by atomic mass is 10.0. The zero-order valence-corrected chi connectivity index (χ0v) is 17.7. The standard InChI is InChI=1S/C22H22N6O2S/c1-30-22-20(10-16(11-24-22)18-7-8-26-28-18)27-21(29)19(9-15-5-3-2-4-6-15)23-12-17-13-31-14-25-17/h2-8,10-11,13-14,19,23H,9,12H2,1H3,(H,26,28)(H,27,29)/t19-/m0/s1. The van der Waals surface area contributed by atoms with E-state index in [1.165, 1.54) is 18.4 Å². The van der Waals surface area contributed by atoms with Crippen LogP contribution in [0.15, 0.2) is 65.7 Å². The Labute approximate surface area is 183 Å². The molecule has 0 aliphatic carbocycles. The number of thiazole rings is 1. The molecule has 3 heterocycles. The third-order valence-electron chi connectivity index (χ3n) is 4.71. The highest BCUT2D eigenvalue weighted by Crippen LogP contribution is 2.27. The lowest BCUT2D eigenvalue weighted by Crippen LogP contribution is -2.42. The normalized spacial score (nSPS) is 11.8. The Morgan fingerprint density at radius 3 is 2.81 bits per heavy atom. The number of pyridine rings is 1. The number of H-pyrrole nitrogens is 1. The van der Waals surface area contributed by atoms with Gasteiger partial charge in [-0.1, -0.05) is 30.3 Å². The van der Waals surface area contributed by atoms with Crippen molar-refractivity contribution in [3.8, 4) is 17.1 Å². The number of rotatable bonds is 9. The van der Waals surface area contributed by atoms with Crippen LogP contribution in [0.1, 0.15) is 11.3 Å². The van der Waals surface area contributed by atoms with Gasteiger partial charge in [0.2, 0.25) is 11.8 Å². The SMILES string of the molecule is COc1ncc(-c2cc[nH]n2)cc1NC(=O)[C@H](Cc1ccccc1)NCc1cscn1. The van der Waals surface area contributed by atoms with E-state index < -0.39 is 6.04 Å². The number of amides is 1. The van der Waals surface area contributed by atoms with Gasteiger partial charge in [-0.15, -0.1) is 11.3 Å². The van der Waals surface area contributed by atoms with Gasteiger partial charge in [-0.2, -0.15) is 5.10 Å². The molecule has 0 aliphatic heterocycles. The van der Waals surface area contributed by atoms with Crippen LogP contribution in [-0.2, 0) is 17.8 Å². The van der Waals surface area contributed by atoms with Crippen LogP contribution in [0.5, 0.6) is 5.88 Å². The molecule has 9 heteroatoms. The van der Waals surface area contributed by atoms with E-state index in [1.54, 1.807) is 24.0 Å². The van der Waals surface area contributed by atoms with Crippen molar-refractivity contribution < 1.29 is 9.53 Å². The van der Waals surface area contributed by atoms with Crippen LogP contribution < -0.4 is 15.4 Å². The second-order valence-electron chi connectivity index (χ2n) is 6.83. The first kappa shape index (κ1) is 20.7. The Morgan fingerprint density at radius 1 is 1.23 bits per heavy atom. The predicted molar refractivity (Wildman–Crippen MR) is 120 cm³/mol. The van der Waals surface area contributed by atoms with Crippen LogP contribution in [0, 0.1) is 0 Å². The number of anilines is 1. The fraction of sp³-hybridized carbons (Fsp3) is 0.182. The van der Waals surface area contributed by atoms with Crippen LogP contribution in [-0.4, -0.2) is 39.2 Å². The molecule has 1 aromatic carbocycles. The molecule has 0 fully saturated rings. The maximum Gasteiger partial charge on any atom is 0.242 e. The minimum atomic E-state index is -0.470. The summed E-state index contributed by atoms with van der Waals surface area (Å²) < 4.78 is 5.35. The molecule has 158 valence electrons. The topological polar surface area (TPSA) is 105 Å². The van der Waals surface area contributed by atoms with E-state index in [2.05, 4.69) is 30.8 Å². The van der Waals surface area contributed by atoms with Gasteiger partial charge < -0.3 is 10.1 Å². The first-order valence-electron chi connectivity index (χ1n) is 9.72. The number of nitrogens with one attached hydrogen (secondary N) is 3. The third-order valence-corrected chi connectivity index (χ3v) is 5.35. The molecule has 0 saturated carbocycles. The fourth-order valence-corrected chi connectivity index (χ4v) is 3.70. The average Bonchev–Trinajstić information content (AvgIpc) is 3.51. The summed E-state index contributed by atoms with van der Waals surface area (Å²) in [7, 11) is 1.52. The maximum absolute atomic E-state index is 13.2. The van der Waals surface area contributed by atoms with Gasteiger partial charge >= 0.3 is 0 Å². The number of nitrogens with zero attached hydrogens (tertiary/aromatic N) is 3. The Kier molecular flexibility index (Phi) is 6.65.